The molecule has 0 aromatic carbocycles. The number of hydrogen-bond donors (Lipinski definition) is 1. The highest BCUT2D eigenvalue weighted by Crippen LogP contribution is 2.33. The number of methoxy groups -OCH3 is 1. The second-order valence-electron chi connectivity index (χ2n) is 4.53. The van der Waals surface area contributed by atoms with Gasteiger partial charge in [0, 0.05) is 18.4 Å². The highest BCUT2D eigenvalue weighted by atomic mass is 35.5. The maximum absolute atomic E-state index is 6.22. The van der Waals surface area contributed by atoms with Gasteiger partial charge in [-0.1, -0.05) is 18.5 Å². The molecule has 1 unspecified atom stereocenters. The number of nitrogens with one attached hydrogen (secondary N) is 1. The molecule has 0 saturated heterocycles. The predicted octanol–water partition coefficient (Wildman–Crippen LogP) is 4.09. The Kier molecular flexibility index (Phi) is 5.83. The highest BCUT2D eigenvalue weighted by molar-refractivity contribution is 7.10. The lowest BCUT2D eigenvalue weighted by atomic mass is 10.1. The molecule has 20 heavy (non-hydrogen) atoms. The zero-order valence-corrected chi connectivity index (χ0v) is 13.3. The fourth-order valence-corrected chi connectivity index (χ4v) is 3.23. The summed E-state index contributed by atoms with van der Waals surface area (Å²) < 4.78 is 5.44. The van der Waals surface area contributed by atoms with E-state index in [2.05, 4.69) is 22.6 Å². The molecular formula is C15H19ClN2OS. The molecule has 0 spiro atoms. The van der Waals surface area contributed by atoms with Crippen LogP contribution in [-0.2, 0) is 6.42 Å². The normalized spacial score (nSPS) is 12.3. The van der Waals surface area contributed by atoms with Crippen LogP contribution in [-0.4, -0.2) is 18.6 Å². The van der Waals surface area contributed by atoms with Gasteiger partial charge in [-0.2, -0.15) is 0 Å². The maximum atomic E-state index is 6.22. The van der Waals surface area contributed by atoms with E-state index in [4.69, 9.17) is 16.3 Å². The minimum atomic E-state index is 0.213. The number of aromatic nitrogens is 1. The third kappa shape index (κ3) is 3.72. The Bertz CT molecular complexity index is 544. The fourth-order valence-electron chi connectivity index (χ4n) is 2.10. The number of ether oxygens (including phenoxy) is 1. The quantitative estimate of drug-likeness (QED) is 0.836. The molecule has 0 fully saturated rings. The van der Waals surface area contributed by atoms with Gasteiger partial charge in [-0.3, -0.25) is 4.98 Å². The molecule has 0 bridgehead atoms. The van der Waals surface area contributed by atoms with Gasteiger partial charge in [-0.15, -0.1) is 11.3 Å². The van der Waals surface area contributed by atoms with Crippen molar-refractivity contribution in [2.75, 3.05) is 13.7 Å². The summed E-state index contributed by atoms with van der Waals surface area (Å²) in [6.45, 7) is 3.13. The Morgan fingerprint density at radius 1 is 1.45 bits per heavy atom. The molecule has 5 heteroatoms. The standard InChI is InChI=1S/C15H19ClN2OS/c1-3-6-18-13(15-14(19-2)5-8-20-15)9-11-4-7-17-10-12(11)16/h4-5,7-8,10,13,18H,3,6,9H2,1-2H3. The van der Waals surface area contributed by atoms with Gasteiger partial charge >= 0.3 is 0 Å². The van der Waals surface area contributed by atoms with Crippen molar-refractivity contribution in [3.05, 3.63) is 45.4 Å². The molecule has 1 atom stereocenters. The third-order valence-electron chi connectivity index (χ3n) is 3.11. The summed E-state index contributed by atoms with van der Waals surface area (Å²) in [5, 5.41) is 6.35. The van der Waals surface area contributed by atoms with Gasteiger partial charge in [0.05, 0.1) is 17.0 Å². The largest absolute Gasteiger partial charge is 0.496 e. The van der Waals surface area contributed by atoms with Crippen LogP contribution in [0.3, 0.4) is 0 Å². The summed E-state index contributed by atoms with van der Waals surface area (Å²) in [7, 11) is 1.71. The van der Waals surface area contributed by atoms with Gasteiger partial charge < -0.3 is 10.1 Å². The van der Waals surface area contributed by atoms with Crippen LogP contribution in [0.4, 0.5) is 0 Å². The molecule has 0 aliphatic carbocycles. The Labute approximate surface area is 129 Å². The van der Waals surface area contributed by atoms with Crippen molar-refractivity contribution >= 4 is 22.9 Å². The van der Waals surface area contributed by atoms with Gasteiger partial charge in [0.1, 0.15) is 5.75 Å². The van der Waals surface area contributed by atoms with Crippen LogP contribution in [0.5, 0.6) is 5.75 Å². The molecule has 0 aliphatic heterocycles. The number of nitrogens with zero attached hydrogens (tertiary/aromatic N) is 1. The molecule has 2 aromatic heterocycles. The van der Waals surface area contributed by atoms with Crippen molar-refractivity contribution in [2.45, 2.75) is 25.8 Å². The average molecular weight is 311 g/mol. The summed E-state index contributed by atoms with van der Waals surface area (Å²) in [6, 6.07) is 4.20. The monoisotopic (exact) mass is 310 g/mol. The predicted molar refractivity (Wildman–Crippen MR) is 84.9 cm³/mol. The van der Waals surface area contributed by atoms with Gasteiger partial charge in [-0.05, 0) is 42.5 Å². The van der Waals surface area contributed by atoms with E-state index < -0.39 is 0 Å². The van der Waals surface area contributed by atoms with E-state index in [1.54, 1.807) is 30.8 Å². The van der Waals surface area contributed by atoms with Gasteiger partial charge in [0.15, 0.2) is 0 Å². The number of halogens is 1. The summed E-state index contributed by atoms with van der Waals surface area (Å²) in [4.78, 5) is 5.25. The third-order valence-corrected chi connectivity index (χ3v) is 4.47. The zero-order chi connectivity index (χ0) is 14.4. The Balaban J connectivity index is 2.22. The average Bonchev–Trinajstić information content (AvgIpc) is 2.93. The minimum absolute atomic E-state index is 0.213. The zero-order valence-electron chi connectivity index (χ0n) is 11.7. The summed E-state index contributed by atoms with van der Waals surface area (Å²) in [5.74, 6) is 0.939. The first-order valence-corrected chi connectivity index (χ1v) is 7.95. The van der Waals surface area contributed by atoms with E-state index in [0.29, 0.717) is 5.02 Å². The van der Waals surface area contributed by atoms with Crippen LogP contribution in [0.25, 0.3) is 0 Å². The van der Waals surface area contributed by atoms with E-state index in [9.17, 15) is 0 Å². The molecule has 2 rings (SSSR count). The molecule has 1 N–H and O–H groups in total. The van der Waals surface area contributed by atoms with Crippen molar-refractivity contribution in [2.24, 2.45) is 0 Å². The van der Waals surface area contributed by atoms with Crippen LogP contribution >= 0.6 is 22.9 Å². The van der Waals surface area contributed by atoms with Crippen molar-refractivity contribution in [3.8, 4) is 5.75 Å². The van der Waals surface area contributed by atoms with E-state index in [-0.39, 0.29) is 6.04 Å². The molecule has 2 aromatic rings. The SMILES string of the molecule is CCCNC(Cc1ccncc1Cl)c1sccc1OC. The van der Waals surface area contributed by atoms with E-state index in [0.717, 1.165) is 30.7 Å². The summed E-state index contributed by atoms with van der Waals surface area (Å²) >= 11 is 7.93. The lowest BCUT2D eigenvalue weighted by Gasteiger charge is -2.19. The van der Waals surface area contributed by atoms with Gasteiger partial charge in [0.25, 0.3) is 0 Å². The Hall–Kier alpha value is -1.10. The maximum Gasteiger partial charge on any atom is 0.134 e. The van der Waals surface area contributed by atoms with Crippen LogP contribution in [0, 0.1) is 0 Å². The van der Waals surface area contributed by atoms with E-state index in [1.807, 2.05) is 12.1 Å². The first kappa shape index (κ1) is 15.3. The highest BCUT2D eigenvalue weighted by Gasteiger charge is 2.18. The smallest absolute Gasteiger partial charge is 0.134 e. The summed E-state index contributed by atoms with van der Waals surface area (Å²) in [6.07, 6.45) is 5.40. The number of thiophene rings is 1. The number of hydrogen-bond acceptors (Lipinski definition) is 4. The second kappa shape index (κ2) is 7.62. The molecule has 0 aliphatic rings. The molecular weight excluding hydrogens is 292 g/mol. The number of pyridine rings is 1. The summed E-state index contributed by atoms with van der Waals surface area (Å²) in [5.41, 5.74) is 1.10. The van der Waals surface area contributed by atoms with Gasteiger partial charge in [-0.25, -0.2) is 0 Å². The molecule has 0 amide bonds. The lowest BCUT2D eigenvalue weighted by molar-refractivity contribution is 0.402. The molecule has 108 valence electrons. The lowest BCUT2D eigenvalue weighted by Crippen LogP contribution is -2.23. The molecule has 0 saturated carbocycles. The molecule has 0 radical (unpaired) electrons. The molecule has 3 nitrogen and oxygen atoms in total. The second-order valence-corrected chi connectivity index (χ2v) is 5.89. The van der Waals surface area contributed by atoms with Crippen LogP contribution in [0.1, 0.15) is 29.8 Å². The first-order valence-electron chi connectivity index (χ1n) is 6.69. The Morgan fingerprint density at radius 3 is 3.00 bits per heavy atom. The number of rotatable bonds is 7. The van der Waals surface area contributed by atoms with Crippen molar-refractivity contribution in [3.63, 3.8) is 0 Å². The van der Waals surface area contributed by atoms with Gasteiger partial charge in [0.2, 0.25) is 0 Å². The Morgan fingerprint density at radius 2 is 2.30 bits per heavy atom. The van der Waals surface area contributed by atoms with E-state index >= 15 is 0 Å². The first-order chi connectivity index (χ1) is 9.76. The van der Waals surface area contributed by atoms with Crippen LogP contribution in [0.2, 0.25) is 5.02 Å². The van der Waals surface area contributed by atoms with Crippen LogP contribution < -0.4 is 10.1 Å². The molecule has 2 heterocycles. The topological polar surface area (TPSA) is 34.2 Å². The van der Waals surface area contributed by atoms with Crippen LogP contribution in [0.15, 0.2) is 29.9 Å². The van der Waals surface area contributed by atoms with Crippen molar-refractivity contribution < 1.29 is 4.74 Å². The van der Waals surface area contributed by atoms with Crippen molar-refractivity contribution in [1.82, 2.24) is 10.3 Å². The van der Waals surface area contributed by atoms with Crippen molar-refractivity contribution in [1.29, 1.82) is 0 Å². The minimum Gasteiger partial charge on any atom is -0.496 e. The van der Waals surface area contributed by atoms with E-state index in [1.165, 1.54) is 4.88 Å². The fraction of sp³-hybridized carbons (Fsp3) is 0.400.